The van der Waals surface area contributed by atoms with Crippen molar-refractivity contribution in [2.24, 2.45) is 0 Å². The maximum absolute atomic E-state index is 12.5. The summed E-state index contributed by atoms with van der Waals surface area (Å²) in [4.78, 5) is 24.9. The molecule has 0 aliphatic carbocycles. The lowest BCUT2D eigenvalue weighted by Gasteiger charge is -2.12. The van der Waals surface area contributed by atoms with Crippen LogP contribution in [0.4, 0.5) is 0 Å². The first-order valence-electron chi connectivity index (χ1n) is 9.95. The van der Waals surface area contributed by atoms with Crippen molar-refractivity contribution in [3.05, 3.63) is 76.5 Å². The Labute approximate surface area is 168 Å². The number of ether oxygens (including phenoxy) is 1. The quantitative estimate of drug-likeness (QED) is 0.700. The molecule has 0 atom stereocenters. The smallest absolute Gasteiger partial charge is 0.346 e. The standard InChI is InChI=1S/C22H24N4O3/c27-21(16-26-22(28)25-14-8-2-5-13-20(25)24-26)23-15-17-9-6-7-12-19(17)29-18-10-3-1-4-11-18/h1,3-4,6-7,9-12H,2,5,8,13-16H2,(H,23,27). The van der Waals surface area contributed by atoms with Crippen LogP contribution in [-0.2, 0) is 30.8 Å². The number of hydrogen-bond donors (Lipinski definition) is 1. The summed E-state index contributed by atoms with van der Waals surface area (Å²) in [5.41, 5.74) is 0.655. The summed E-state index contributed by atoms with van der Waals surface area (Å²) in [6.07, 6.45) is 3.89. The lowest BCUT2D eigenvalue weighted by atomic mass is 10.2. The highest BCUT2D eigenvalue weighted by atomic mass is 16.5. The zero-order valence-electron chi connectivity index (χ0n) is 16.2. The molecule has 0 fully saturated rings. The first kappa shape index (κ1) is 19.0. The molecule has 1 aliphatic rings. The van der Waals surface area contributed by atoms with Gasteiger partial charge in [-0.3, -0.25) is 9.36 Å². The minimum Gasteiger partial charge on any atom is -0.457 e. The Kier molecular flexibility index (Phi) is 5.74. The van der Waals surface area contributed by atoms with Crippen LogP contribution in [0.2, 0.25) is 0 Å². The number of fused-ring (bicyclic) bond motifs is 1. The molecule has 0 radical (unpaired) electrons. The first-order valence-corrected chi connectivity index (χ1v) is 9.95. The molecule has 1 amide bonds. The molecule has 1 aliphatic heterocycles. The summed E-state index contributed by atoms with van der Waals surface area (Å²) in [5.74, 6) is 1.94. The second-order valence-corrected chi connectivity index (χ2v) is 7.12. The molecular weight excluding hydrogens is 368 g/mol. The van der Waals surface area contributed by atoms with Gasteiger partial charge in [-0.1, -0.05) is 42.8 Å². The molecule has 7 nitrogen and oxygen atoms in total. The molecule has 0 saturated carbocycles. The van der Waals surface area contributed by atoms with Crippen molar-refractivity contribution in [2.45, 2.75) is 45.3 Å². The van der Waals surface area contributed by atoms with Crippen molar-refractivity contribution in [1.82, 2.24) is 19.7 Å². The van der Waals surface area contributed by atoms with E-state index in [1.54, 1.807) is 4.57 Å². The Hall–Kier alpha value is -3.35. The molecule has 1 aromatic heterocycles. The fourth-order valence-corrected chi connectivity index (χ4v) is 3.48. The van der Waals surface area contributed by atoms with Gasteiger partial charge in [0, 0.05) is 25.1 Å². The van der Waals surface area contributed by atoms with E-state index >= 15 is 0 Å². The molecule has 150 valence electrons. The molecule has 0 spiro atoms. The summed E-state index contributed by atoms with van der Waals surface area (Å²) in [6.45, 7) is 0.907. The highest BCUT2D eigenvalue weighted by Gasteiger charge is 2.17. The van der Waals surface area contributed by atoms with Gasteiger partial charge in [-0.05, 0) is 31.0 Å². The number of rotatable bonds is 6. The second kappa shape index (κ2) is 8.77. The van der Waals surface area contributed by atoms with Crippen LogP contribution in [0.5, 0.6) is 11.5 Å². The maximum atomic E-state index is 12.5. The predicted molar refractivity (Wildman–Crippen MR) is 109 cm³/mol. The van der Waals surface area contributed by atoms with Crippen LogP contribution in [0.3, 0.4) is 0 Å². The highest BCUT2D eigenvalue weighted by molar-refractivity contribution is 5.75. The molecule has 3 aromatic rings. The van der Waals surface area contributed by atoms with Crippen LogP contribution in [0, 0.1) is 0 Å². The van der Waals surface area contributed by atoms with E-state index in [1.165, 1.54) is 4.68 Å². The minimum atomic E-state index is -0.255. The van der Waals surface area contributed by atoms with Gasteiger partial charge in [-0.25, -0.2) is 9.48 Å². The molecule has 1 N–H and O–H groups in total. The predicted octanol–water partition coefficient (Wildman–Crippen LogP) is 2.88. The van der Waals surface area contributed by atoms with E-state index in [4.69, 9.17) is 4.74 Å². The number of nitrogens with one attached hydrogen (secondary N) is 1. The number of carbonyl (C=O) groups is 1. The summed E-state index contributed by atoms with van der Waals surface area (Å²) >= 11 is 0. The van der Waals surface area contributed by atoms with E-state index in [1.807, 2.05) is 54.6 Å². The van der Waals surface area contributed by atoms with Crippen molar-refractivity contribution in [1.29, 1.82) is 0 Å². The van der Waals surface area contributed by atoms with Crippen LogP contribution in [0.1, 0.15) is 30.7 Å². The Bertz CT molecular complexity index is 1040. The number of aromatic nitrogens is 3. The Balaban J connectivity index is 1.40. The van der Waals surface area contributed by atoms with E-state index in [0.717, 1.165) is 42.8 Å². The molecule has 0 bridgehead atoms. The van der Waals surface area contributed by atoms with Gasteiger partial charge in [0.05, 0.1) is 0 Å². The third kappa shape index (κ3) is 4.56. The van der Waals surface area contributed by atoms with Crippen LogP contribution in [0.25, 0.3) is 0 Å². The number of amides is 1. The molecule has 2 aromatic carbocycles. The average Bonchev–Trinajstić information content (AvgIpc) is 2.90. The van der Waals surface area contributed by atoms with Gasteiger partial charge >= 0.3 is 5.69 Å². The fourth-order valence-electron chi connectivity index (χ4n) is 3.48. The van der Waals surface area contributed by atoms with E-state index < -0.39 is 0 Å². The van der Waals surface area contributed by atoms with Gasteiger partial charge < -0.3 is 10.1 Å². The van der Waals surface area contributed by atoms with Gasteiger partial charge in [-0.2, -0.15) is 5.10 Å². The molecule has 7 heteroatoms. The Morgan fingerprint density at radius 3 is 2.69 bits per heavy atom. The topological polar surface area (TPSA) is 78.2 Å². The lowest BCUT2D eigenvalue weighted by molar-refractivity contribution is -0.122. The fraction of sp³-hybridized carbons (Fsp3) is 0.318. The molecular formula is C22H24N4O3. The Morgan fingerprint density at radius 1 is 1.03 bits per heavy atom. The van der Waals surface area contributed by atoms with Crippen molar-refractivity contribution < 1.29 is 9.53 Å². The highest BCUT2D eigenvalue weighted by Crippen LogP contribution is 2.24. The van der Waals surface area contributed by atoms with Gasteiger partial charge in [0.15, 0.2) is 0 Å². The number of aryl methyl sites for hydroxylation is 1. The molecule has 29 heavy (non-hydrogen) atoms. The van der Waals surface area contributed by atoms with E-state index in [-0.39, 0.29) is 18.1 Å². The van der Waals surface area contributed by atoms with Gasteiger partial charge in [-0.15, -0.1) is 0 Å². The monoisotopic (exact) mass is 392 g/mol. The number of para-hydroxylation sites is 2. The third-order valence-electron chi connectivity index (χ3n) is 4.99. The van der Waals surface area contributed by atoms with Crippen LogP contribution in [0.15, 0.2) is 59.4 Å². The number of carbonyl (C=O) groups excluding carboxylic acids is 1. The SMILES string of the molecule is O=C(Cn1nc2n(c1=O)CCCCC2)NCc1ccccc1Oc1ccccc1. The van der Waals surface area contributed by atoms with Gasteiger partial charge in [0.1, 0.15) is 23.9 Å². The summed E-state index contributed by atoms with van der Waals surface area (Å²) < 4.78 is 8.89. The van der Waals surface area contributed by atoms with Crippen molar-refractivity contribution in [2.75, 3.05) is 0 Å². The normalized spacial score (nSPS) is 13.4. The van der Waals surface area contributed by atoms with Crippen molar-refractivity contribution in [3.63, 3.8) is 0 Å². The molecule has 0 unspecified atom stereocenters. The molecule has 4 rings (SSSR count). The summed E-state index contributed by atoms with van der Waals surface area (Å²) in [7, 11) is 0. The van der Waals surface area contributed by atoms with Crippen LogP contribution >= 0.6 is 0 Å². The Morgan fingerprint density at radius 2 is 1.83 bits per heavy atom. The van der Waals surface area contributed by atoms with Crippen LogP contribution in [-0.4, -0.2) is 20.3 Å². The zero-order chi connectivity index (χ0) is 20.1. The van der Waals surface area contributed by atoms with E-state index in [2.05, 4.69) is 10.4 Å². The van der Waals surface area contributed by atoms with Crippen molar-refractivity contribution >= 4 is 5.91 Å². The summed E-state index contributed by atoms with van der Waals surface area (Å²) in [6, 6.07) is 17.1. The summed E-state index contributed by atoms with van der Waals surface area (Å²) in [5, 5.41) is 7.23. The van der Waals surface area contributed by atoms with Crippen LogP contribution < -0.4 is 15.7 Å². The van der Waals surface area contributed by atoms with E-state index in [0.29, 0.717) is 18.8 Å². The minimum absolute atomic E-state index is 0.0828. The average molecular weight is 392 g/mol. The molecule has 2 heterocycles. The lowest BCUT2D eigenvalue weighted by Crippen LogP contribution is -2.33. The largest absolute Gasteiger partial charge is 0.457 e. The number of nitrogens with zero attached hydrogens (tertiary/aromatic N) is 3. The van der Waals surface area contributed by atoms with Gasteiger partial charge in [0.2, 0.25) is 5.91 Å². The molecule has 0 saturated heterocycles. The first-order chi connectivity index (χ1) is 14.2. The third-order valence-corrected chi connectivity index (χ3v) is 4.99. The van der Waals surface area contributed by atoms with Crippen molar-refractivity contribution in [3.8, 4) is 11.5 Å². The number of benzene rings is 2. The maximum Gasteiger partial charge on any atom is 0.346 e. The zero-order valence-corrected chi connectivity index (χ0v) is 16.2. The number of hydrogen-bond acceptors (Lipinski definition) is 4. The second-order valence-electron chi connectivity index (χ2n) is 7.12. The van der Waals surface area contributed by atoms with E-state index in [9.17, 15) is 9.59 Å². The van der Waals surface area contributed by atoms with Gasteiger partial charge in [0.25, 0.3) is 0 Å².